The lowest BCUT2D eigenvalue weighted by atomic mass is 9.93. The monoisotopic (exact) mass is 431 g/mol. The Kier molecular flexibility index (Phi) is 6.48. The van der Waals surface area contributed by atoms with Crippen LogP contribution in [0, 0.1) is 0 Å². The Labute approximate surface area is 172 Å². The maximum Gasteiger partial charge on any atom is 0.417 e. The molecule has 0 aromatic rings. The summed E-state index contributed by atoms with van der Waals surface area (Å²) in [6.07, 6.45) is -1.95. The summed E-state index contributed by atoms with van der Waals surface area (Å²) in [4.78, 5) is 64.2. The SMILES string of the molecule is COC(=O)CC(=O)N(C(=O)OC)C1(C(=O)OC(C)(C)C)CS[C@@H]2C(N)C(=O)N2C1. The summed E-state index contributed by atoms with van der Waals surface area (Å²) in [5.41, 5.74) is 2.96. The molecule has 2 aliphatic rings. The summed E-state index contributed by atoms with van der Waals surface area (Å²) in [7, 11) is 2.12. The number of fused-ring (bicyclic) bond motifs is 1. The molecule has 2 aliphatic heterocycles. The first-order valence-corrected chi connectivity index (χ1v) is 9.82. The zero-order valence-electron chi connectivity index (χ0n) is 16.9. The Morgan fingerprint density at radius 1 is 1.24 bits per heavy atom. The summed E-state index contributed by atoms with van der Waals surface area (Å²) >= 11 is 1.15. The van der Waals surface area contributed by atoms with Gasteiger partial charge in [-0.3, -0.25) is 14.4 Å². The van der Waals surface area contributed by atoms with Crippen molar-refractivity contribution in [1.82, 2.24) is 9.80 Å². The second kappa shape index (κ2) is 8.19. The van der Waals surface area contributed by atoms with E-state index in [1.165, 1.54) is 4.90 Å². The number of amides is 3. The number of thioether (sulfide) groups is 1. The van der Waals surface area contributed by atoms with Crippen LogP contribution in [0.4, 0.5) is 4.79 Å². The lowest BCUT2D eigenvalue weighted by Gasteiger charge is -2.54. The van der Waals surface area contributed by atoms with Gasteiger partial charge in [-0.05, 0) is 20.8 Å². The van der Waals surface area contributed by atoms with Crippen LogP contribution in [0.1, 0.15) is 27.2 Å². The fourth-order valence-electron chi connectivity index (χ4n) is 3.07. The molecule has 2 rings (SSSR count). The van der Waals surface area contributed by atoms with E-state index < -0.39 is 53.4 Å². The van der Waals surface area contributed by atoms with Gasteiger partial charge in [0, 0.05) is 5.75 Å². The molecular weight excluding hydrogens is 406 g/mol. The van der Waals surface area contributed by atoms with Crippen molar-refractivity contribution in [1.29, 1.82) is 0 Å². The van der Waals surface area contributed by atoms with Crippen LogP contribution in [0.3, 0.4) is 0 Å². The zero-order chi connectivity index (χ0) is 22.1. The third-order valence-electron chi connectivity index (χ3n) is 4.44. The van der Waals surface area contributed by atoms with Crippen LogP contribution in [0.2, 0.25) is 0 Å². The van der Waals surface area contributed by atoms with Crippen molar-refractivity contribution in [3.8, 4) is 0 Å². The zero-order valence-corrected chi connectivity index (χ0v) is 17.7. The van der Waals surface area contributed by atoms with Gasteiger partial charge in [0.1, 0.15) is 23.4 Å². The Bertz CT molecular complexity index is 737. The number of nitrogens with two attached hydrogens (primary N) is 1. The first-order chi connectivity index (χ1) is 13.4. The van der Waals surface area contributed by atoms with Gasteiger partial charge in [0.05, 0.1) is 20.8 Å². The van der Waals surface area contributed by atoms with Gasteiger partial charge in [0.15, 0.2) is 5.54 Å². The lowest BCUT2D eigenvalue weighted by molar-refractivity contribution is -0.176. The largest absolute Gasteiger partial charge is 0.469 e. The van der Waals surface area contributed by atoms with Gasteiger partial charge in [0.25, 0.3) is 0 Å². The molecule has 162 valence electrons. The average Bonchev–Trinajstić information content (AvgIpc) is 2.65. The number of ether oxygens (including phenoxy) is 3. The minimum Gasteiger partial charge on any atom is -0.469 e. The highest BCUT2D eigenvalue weighted by atomic mass is 32.2. The van der Waals surface area contributed by atoms with Gasteiger partial charge in [-0.2, -0.15) is 0 Å². The van der Waals surface area contributed by atoms with Crippen molar-refractivity contribution in [2.24, 2.45) is 5.73 Å². The van der Waals surface area contributed by atoms with Gasteiger partial charge in [-0.25, -0.2) is 14.5 Å². The van der Waals surface area contributed by atoms with E-state index in [0.717, 1.165) is 26.0 Å². The van der Waals surface area contributed by atoms with Gasteiger partial charge < -0.3 is 24.8 Å². The number of β-lactam (4-membered cyclic amide) rings is 1. The molecule has 2 N–H and O–H groups in total. The minimum atomic E-state index is -1.89. The number of nitrogens with zero attached hydrogens (tertiary/aromatic N) is 2. The molecule has 2 fully saturated rings. The fraction of sp³-hybridized carbons (Fsp3) is 0.706. The van der Waals surface area contributed by atoms with Gasteiger partial charge in [-0.1, -0.05) is 0 Å². The second-order valence-corrected chi connectivity index (χ2v) is 8.78. The standard InChI is InChI=1S/C17H25N3O8S/c1-16(2,3)28-14(24)17(7-19-12(23)11(18)13(19)29-8-17)20(15(25)27-5)9(21)6-10(22)26-4/h11,13H,6-8,18H2,1-5H3/t11?,13-,17?/m1/s1. The van der Waals surface area contributed by atoms with Gasteiger partial charge >= 0.3 is 18.0 Å². The van der Waals surface area contributed by atoms with E-state index in [2.05, 4.69) is 4.74 Å². The molecule has 0 aliphatic carbocycles. The molecule has 2 unspecified atom stereocenters. The predicted octanol–water partition coefficient (Wildman–Crippen LogP) is -0.533. The number of hydrogen-bond acceptors (Lipinski definition) is 10. The lowest BCUT2D eigenvalue weighted by Crippen LogP contribution is -2.78. The van der Waals surface area contributed by atoms with Crippen molar-refractivity contribution in [3.05, 3.63) is 0 Å². The summed E-state index contributed by atoms with van der Waals surface area (Å²) in [6, 6.07) is -0.728. The Balaban J connectivity index is 2.49. The second-order valence-electron chi connectivity index (χ2n) is 7.68. The minimum absolute atomic E-state index is 0.0773. The van der Waals surface area contributed by atoms with Crippen LogP contribution in [-0.2, 0) is 33.4 Å². The molecule has 0 bridgehead atoms. The predicted molar refractivity (Wildman–Crippen MR) is 100 cm³/mol. The number of esters is 2. The Morgan fingerprint density at radius 2 is 1.86 bits per heavy atom. The molecule has 3 amide bonds. The van der Waals surface area contributed by atoms with Crippen molar-refractivity contribution < 1.29 is 38.2 Å². The van der Waals surface area contributed by atoms with E-state index in [1.807, 2.05) is 0 Å². The highest BCUT2D eigenvalue weighted by molar-refractivity contribution is 8.00. The summed E-state index contributed by atoms with van der Waals surface area (Å²) in [6.45, 7) is 4.57. The van der Waals surface area contributed by atoms with Crippen LogP contribution < -0.4 is 5.73 Å². The molecule has 29 heavy (non-hydrogen) atoms. The maximum atomic E-state index is 13.2. The quantitative estimate of drug-likeness (QED) is 0.267. The van der Waals surface area contributed by atoms with Crippen LogP contribution in [0.25, 0.3) is 0 Å². The molecule has 0 aromatic heterocycles. The number of carbonyl (C=O) groups is 5. The van der Waals surface area contributed by atoms with Crippen molar-refractivity contribution in [3.63, 3.8) is 0 Å². The third kappa shape index (κ3) is 4.32. The molecule has 2 heterocycles. The third-order valence-corrected chi connectivity index (χ3v) is 5.98. The first kappa shape index (κ1) is 22.9. The fourth-order valence-corrected chi connectivity index (χ4v) is 4.53. The molecule has 0 aromatic carbocycles. The normalized spacial score (nSPS) is 26.0. The van der Waals surface area contributed by atoms with Crippen LogP contribution >= 0.6 is 11.8 Å². The average molecular weight is 431 g/mol. The number of hydrogen-bond donors (Lipinski definition) is 1. The number of rotatable bonds is 4. The molecule has 0 saturated carbocycles. The molecule has 2 saturated heterocycles. The number of carbonyl (C=O) groups excluding carboxylic acids is 5. The smallest absolute Gasteiger partial charge is 0.417 e. The highest BCUT2D eigenvalue weighted by Gasteiger charge is 2.61. The first-order valence-electron chi connectivity index (χ1n) is 8.77. The van der Waals surface area contributed by atoms with Crippen LogP contribution in [-0.4, -0.2) is 88.7 Å². The van der Waals surface area contributed by atoms with E-state index >= 15 is 0 Å². The summed E-state index contributed by atoms with van der Waals surface area (Å²) < 4.78 is 14.7. The maximum absolute atomic E-state index is 13.2. The van der Waals surface area contributed by atoms with Crippen molar-refractivity contribution in [2.75, 3.05) is 26.5 Å². The topological polar surface area (TPSA) is 146 Å². The van der Waals surface area contributed by atoms with Crippen molar-refractivity contribution in [2.45, 2.75) is 49.7 Å². The highest BCUT2D eigenvalue weighted by Crippen LogP contribution is 2.41. The summed E-state index contributed by atoms with van der Waals surface area (Å²) in [5.74, 6) is -3.29. The van der Waals surface area contributed by atoms with E-state index in [1.54, 1.807) is 20.8 Å². The Morgan fingerprint density at radius 3 is 2.38 bits per heavy atom. The molecule has 3 atom stereocenters. The van der Waals surface area contributed by atoms with Crippen molar-refractivity contribution >= 4 is 41.6 Å². The van der Waals surface area contributed by atoms with E-state index in [9.17, 15) is 24.0 Å². The molecule has 0 radical (unpaired) electrons. The molecule has 0 spiro atoms. The van der Waals surface area contributed by atoms with E-state index in [-0.39, 0.29) is 17.7 Å². The van der Waals surface area contributed by atoms with Crippen LogP contribution in [0.15, 0.2) is 0 Å². The number of methoxy groups -OCH3 is 2. The van der Waals surface area contributed by atoms with Gasteiger partial charge in [-0.15, -0.1) is 11.8 Å². The van der Waals surface area contributed by atoms with E-state index in [0.29, 0.717) is 4.90 Å². The summed E-state index contributed by atoms with van der Waals surface area (Å²) in [5, 5.41) is -0.381. The molecular formula is C17H25N3O8S. The number of imide groups is 1. The van der Waals surface area contributed by atoms with Gasteiger partial charge in [0.2, 0.25) is 11.8 Å². The van der Waals surface area contributed by atoms with E-state index in [4.69, 9.17) is 15.2 Å². The molecule has 12 heteroatoms. The molecule has 11 nitrogen and oxygen atoms in total. The Hall–Kier alpha value is -2.34. The van der Waals surface area contributed by atoms with Crippen LogP contribution in [0.5, 0.6) is 0 Å².